The maximum absolute atomic E-state index is 12.2. The van der Waals surface area contributed by atoms with E-state index in [0.717, 1.165) is 32.2 Å². The number of ketones is 1. The largest absolute Gasteiger partial charge is 0.451 e. The summed E-state index contributed by atoms with van der Waals surface area (Å²) in [5, 5.41) is 0. The summed E-state index contributed by atoms with van der Waals surface area (Å²) in [6.07, 6.45) is 5.51. The molecule has 120 valence electrons. The van der Waals surface area contributed by atoms with E-state index in [-0.39, 0.29) is 30.0 Å². The van der Waals surface area contributed by atoms with E-state index in [9.17, 15) is 14.4 Å². The van der Waals surface area contributed by atoms with Crippen molar-refractivity contribution in [2.24, 2.45) is 0 Å². The number of carbonyl (C=O) groups excluding carboxylic acids is 3. The van der Waals surface area contributed by atoms with Gasteiger partial charge < -0.3 is 14.6 Å². The van der Waals surface area contributed by atoms with Gasteiger partial charge in [0, 0.05) is 24.3 Å². The van der Waals surface area contributed by atoms with Crippen LogP contribution < -0.4 is 0 Å². The number of esters is 1. The second kappa shape index (κ2) is 7.24. The van der Waals surface area contributed by atoms with Crippen LogP contribution in [0.15, 0.2) is 12.3 Å². The average molecular weight is 306 g/mol. The Balaban J connectivity index is 1.89. The molecule has 6 nitrogen and oxygen atoms in total. The molecule has 2 rings (SSSR count). The van der Waals surface area contributed by atoms with Gasteiger partial charge in [0.15, 0.2) is 12.4 Å². The topological polar surface area (TPSA) is 79.5 Å². The quantitative estimate of drug-likeness (QED) is 0.668. The Bertz CT molecular complexity index is 564. The Morgan fingerprint density at radius 2 is 2.14 bits per heavy atom. The third-order valence-corrected chi connectivity index (χ3v) is 4.05. The Morgan fingerprint density at radius 3 is 2.77 bits per heavy atom. The molecule has 0 bridgehead atoms. The molecule has 1 amide bonds. The lowest BCUT2D eigenvalue weighted by Gasteiger charge is -2.35. The molecule has 1 fully saturated rings. The molecule has 1 saturated heterocycles. The van der Waals surface area contributed by atoms with Gasteiger partial charge in [-0.05, 0) is 38.7 Å². The van der Waals surface area contributed by atoms with Crippen molar-refractivity contribution in [2.45, 2.75) is 45.6 Å². The van der Waals surface area contributed by atoms with Crippen molar-refractivity contribution in [3.8, 4) is 0 Å². The van der Waals surface area contributed by atoms with E-state index in [1.807, 2.05) is 4.90 Å². The van der Waals surface area contributed by atoms with Crippen molar-refractivity contribution in [3.05, 3.63) is 23.5 Å². The summed E-state index contributed by atoms with van der Waals surface area (Å²) in [5.74, 6) is -0.908. The molecule has 6 heteroatoms. The number of amides is 1. The Labute approximate surface area is 129 Å². The van der Waals surface area contributed by atoms with Crippen LogP contribution in [0, 0.1) is 0 Å². The highest BCUT2D eigenvalue weighted by molar-refractivity contribution is 5.97. The second-order valence-electron chi connectivity index (χ2n) is 5.58. The first-order valence-electron chi connectivity index (χ1n) is 7.69. The number of hydrogen-bond acceptors (Lipinski definition) is 4. The molecule has 22 heavy (non-hydrogen) atoms. The molecule has 0 spiro atoms. The van der Waals surface area contributed by atoms with E-state index in [1.165, 1.54) is 19.2 Å². The molecule has 0 aromatic carbocycles. The summed E-state index contributed by atoms with van der Waals surface area (Å²) in [4.78, 5) is 39.8. The lowest BCUT2D eigenvalue weighted by atomic mass is 10.00. The van der Waals surface area contributed by atoms with E-state index in [4.69, 9.17) is 4.74 Å². The highest BCUT2D eigenvalue weighted by Crippen LogP contribution is 2.19. The van der Waals surface area contributed by atoms with Gasteiger partial charge >= 0.3 is 5.97 Å². The van der Waals surface area contributed by atoms with Crippen LogP contribution in [-0.4, -0.2) is 46.7 Å². The van der Waals surface area contributed by atoms with Gasteiger partial charge in [-0.1, -0.05) is 6.92 Å². The number of piperidine rings is 1. The Morgan fingerprint density at radius 1 is 1.36 bits per heavy atom. The molecule has 1 aliphatic rings. The number of Topliss-reactive ketones (excluding diaryl/α,β-unsaturated/α-hetero) is 1. The lowest BCUT2D eigenvalue weighted by molar-refractivity contribution is -0.138. The van der Waals surface area contributed by atoms with Crippen molar-refractivity contribution >= 4 is 17.7 Å². The van der Waals surface area contributed by atoms with E-state index in [0.29, 0.717) is 5.56 Å². The maximum Gasteiger partial charge on any atom is 0.355 e. The average Bonchev–Trinajstić information content (AvgIpc) is 3.02. The lowest BCUT2D eigenvalue weighted by Crippen LogP contribution is -2.45. The zero-order chi connectivity index (χ0) is 16.1. The van der Waals surface area contributed by atoms with Crippen molar-refractivity contribution in [1.29, 1.82) is 0 Å². The van der Waals surface area contributed by atoms with Gasteiger partial charge in [0.2, 0.25) is 0 Å². The highest BCUT2D eigenvalue weighted by atomic mass is 16.5. The maximum atomic E-state index is 12.2. The van der Waals surface area contributed by atoms with Gasteiger partial charge in [-0.25, -0.2) is 4.79 Å². The fraction of sp³-hybridized carbons (Fsp3) is 0.562. The molecule has 0 aliphatic carbocycles. The molecule has 1 aromatic rings. The van der Waals surface area contributed by atoms with Crippen LogP contribution in [0.25, 0.3) is 0 Å². The minimum absolute atomic E-state index is 0.134. The van der Waals surface area contributed by atoms with Gasteiger partial charge in [0.25, 0.3) is 5.91 Å². The molecule has 1 aliphatic heterocycles. The van der Waals surface area contributed by atoms with Gasteiger partial charge in [-0.15, -0.1) is 0 Å². The summed E-state index contributed by atoms with van der Waals surface area (Å²) < 4.78 is 5.06. The first kappa shape index (κ1) is 16.3. The van der Waals surface area contributed by atoms with Crippen LogP contribution in [0.3, 0.4) is 0 Å². The summed E-state index contributed by atoms with van der Waals surface area (Å²) in [6.45, 7) is 3.95. The number of carbonyl (C=O) groups is 3. The second-order valence-corrected chi connectivity index (χ2v) is 5.58. The molecule has 0 radical (unpaired) electrons. The fourth-order valence-electron chi connectivity index (χ4n) is 2.76. The number of nitrogens with one attached hydrogen (secondary N) is 1. The van der Waals surface area contributed by atoms with Crippen LogP contribution in [0.1, 0.15) is 60.4 Å². The third kappa shape index (κ3) is 3.75. The van der Waals surface area contributed by atoms with Gasteiger partial charge in [-0.2, -0.15) is 0 Å². The van der Waals surface area contributed by atoms with Crippen molar-refractivity contribution < 1.29 is 19.1 Å². The molecule has 0 unspecified atom stereocenters. The van der Waals surface area contributed by atoms with Crippen LogP contribution >= 0.6 is 0 Å². The third-order valence-electron chi connectivity index (χ3n) is 4.05. The zero-order valence-corrected chi connectivity index (χ0v) is 13.1. The predicted molar refractivity (Wildman–Crippen MR) is 80.7 cm³/mol. The fourth-order valence-corrected chi connectivity index (χ4v) is 2.76. The highest BCUT2D eigenvalue weighted by Gasteiger charge is 2.26. The number of H-pyrrole nitrogens is 1. The van der Waals surface area contributed by atoms with Crippen LogP contribution in [-0.2, 0) is 9.53 Å². The minimum atomic E-state index is -0.620. The standard InChI is InChI=1S/C16H22N2O4/c1-3-13-6-4-5-7-18(13)15(20)10-22-16(21)14-8-12(9-17-14)11(2)19/h8-9,13,17H,3-7,10H2,1-2H3/t13-/m1/s1. The SMILES string of the molecule is CC[C@@H]1CCCCN1C(=O)COC(=O)c1cc(C(C)=O)c[nH]1. The summed E-state index contributed by atoms with van der Waals surface area (Å²) >= 11 is 0. The molecular weight excluding hydrogens is 284 g/mol. The number of aromatic amines is 1. The molecule has 1 aromatic heterocycles. The smallest absolute Gasteiger partial charge is 0.355 e. The van der Waals surface area contributed by atoms with E-state index in [2.05, 4.69) is 11.9 Å². The number of likely N-dealkylation sites (tertiary alicyclic amines) is 1. The number of rotatable bonds is 5. The number of nitrogens with zero attached hydrogens (tertiary/aromatic N) is 1. The molecular formula is C16H22N2O4. The van der Waals surface area contributed by atoms with E-state index < -0.39 is 5.97 Å². The predicted octanol–water partition coefficient (Wildman–Crippen LogP) is 2.17. The van der Waals surface area contributed by atoms with Crippen LogP contribution in [0.2, 0.25) is 0 Å². The van der Waals surface area contributed by atoms with Gasteiger partial charge in [0.05, 0.1) is 0 Å². The molecule has 2 heterocycles. The first-order chi connectivity index (χ1) is 10.5. The summed E-state index contributed by atoms with van der Waals surface area (Å²) in [5.41, 5.74) is 0.601. The van der Waals surface area contributed by atoms with Gasteiger partial charge in [-0.3, -0.25) is 9.59 Å². The monoisotopic (exact) mass is 306 g/mol. The molecule has 1 N–H and O–H groups in total. The number of aromatic nitrogens is 1. The van der Waals surface area contributed by atoms with Crippen molar-refractivity contribution in [1.82, 2.24) is 9.88 Å². The first-order valence-corrected chi connectivity index (χ1v) is 7.69. The molecule has 0 saturated carbocycles. The minimum Gasteiger partial charge on any atom is -0.451 e. The Hall–Kier alpha value is -2.11. The van der Waals surface area contributed by atoms with E-state index in [1.54, 1.807) is 0 Å². The van der Waals surface area contributed by atoms with Gasteiger partial charge in [0.1, 0.15) is 5.69 Å². The Kier molecular flexibility index (Phi) is 5.35. The van der Waals surface area contributed by atoms with E-state index >= 15 is 0 Å². The van der Waals surface area contributed by atoms with Crippen molar-refractivity contribution in [3.63, 3.8) is 0 Å². The number of ether oxygens (including phenoxy) is 1. The molecule has 1 atom stereocenters. The normalized spacial score (nSPS) is 18.1. The summed E-state index contributed by atoms with van der Waals surface area (Å²) in [6, 6.07) is 1.68. The number of hydrogen-bond donors (Lipinski definition) is 1. The van der Waals surface area contributed by atoms with Crippen LogP contribution in [0.5, 0.6) is 0 Å². The zero-order valence-electron chi connectivity index (χ0n) is 13.1. The van der Waals surface area contributed by atoms with Crippen molar-refractivity contribution in [2.75, 3.05) is 13.2 Å². The summed E-state index contributed by atoms with van der Waals surface area (Å²) in [7, 11) is 0. The van der Waals surface area contributed by atoms with Crippen LogP contribution in [0.4, 0.5) is 0 Å².